The van der Waals surface area contributed by atoms with Gasteiger partial charge in [-0.2, -0.15) is 5.10 Å². The molecule has 0 aliphatic carbocycles. The average Bonchev–Trinajstić information content (AvgIpc) is 3.15. The highest BCUT2D eigenvalue weighted by Gasteiger charge is 2.33. The largest absolute Gasteiger partial charge is 0.492 e. The Balaban J connectivity index is 1.46. The van der Waals surface area contributed by atoms with Crippen LogP contribution in [0.3, 0.4) is 0 Å². The van der Waals surface area contributed by atoms with Crippen molar-refractivity contribution in [3.05, 3.63) is 46.7 Å². The molecule has 2 aliphatic rings. The van der Waals surface area contributed by atoms with Gasteiger partial charge in [0.2, 0.25) is 5.91 Å². The van der Waals surface area contributed by atoms with Gasteiger partial charge in [0.25, 0.3) is 0 Å². The Morgan fingerprint density at radius 2 is 2.29 bits per heavy atom. The summed E-state index contributed by atoms with van der Waals surface area (Å²) in [5.74, 6) is 1.25. The summed E-state index contributed by atoms with van der Waals surface area (Å²) >= 11 is 6.07. The number of piperidine rings is 1. The zero-order valence-corrected chi connectivity index (χ0v) is 14.1. The fourth-order valence-corrected chi connectivity index (χ4v) is 3.90. The molecule has 0 bridgehead atoms. The number of fused-ring (bicyclic) bond motifs is 1. The molecule has 0 saturated carbocycles. The van der Waals surface area contributed by atoms with Gasteiger partial charge in [0.15, 0.2) is 0 Å². The first-order chi connectivity index (χ1) is 11.7. The second kappa shape index (κ2) is 6.48. The van der Waals surface area contributed by atoms with Crippen molar-refractivity contribution in [2.45, 2.75) is 25.2 Å². The number of rotatable bonds is 2. The number of halogens is 1. The van der Waals surface area contributed by atoms with Crippen LogP contribution in [0.5, 0.6) is 5.75 Å². The number of ether oxygens (including phenoxy) is 1. The van der Waals surface area contributed by atoms with Crippen LogP contribution >= 0.6 is 11.6 Å². The van der Waals surface area contributed by atoms with Crippen molar-refractivity contribution in [2.24, 2.45) is 5.92 Å². The van der Waals surface area contributed by atoms with Gasteiger partial charge >= 0.3 is 0 Å². The maximum absolute atomic E-state index is 13.0. The molecular formula is C18H20ClN3O2. The molecule has 1 N–H and O–H groups in total. The zero-order chi connectivity index (χ0) is 16.5. The van der Waals surface area contributed by atoms with E-state index in [1.807, 2.05) is 29.2 Å². The normalized spacial score (nSPS) is 23.5. The molecule has 2 aromatic rings. The van der Waals surface area contributed by atoms with Crippen molar-refractivity contribution in [3.8, 4) is 5.75 Å². The highest BCUT2D eigenvalue weighted by atomic mass is 35.5. The molecular weight excluding hydrogens is 326 g/mol. The smallest absolute Gasteiger partial charge is 0.229 e. The molecule has 1 aromatic heterocycles. The predicted octanol–water partition coefficient (Wildman–Crippen LogP) is 3.02. The summed E-state index contributed by atoms with van der Waals surface area (Å²) in [5.41, 5.74) is 2.14. The average molecular weight is 346 g/mol. The minimum atomic E-state index is -0.128. The molecule has 1 amide bonds. The second-order valence-corrected chi connectivity index (χ2v) is 7.04. The molecule has 2 atom stereocenters. The Morgan fingerprint density at radius 3 is 3.12 bits per heavy atom. The Morgan fingerprint density at radius 1 is 1.38 bits per heavy atom. The number of carbonyl (C=O) groups is 1. The number of likely N-dealkylation sites (tertiary alicyclic amines) is 1. The van der Waals surface area contributed by atoms with Gasteiger partial charge in [-0.05, 0) is 49.1 Å². The number of benzene rings is 1. The van der Waals surface area contributed by atoms with Crippen LogP contribution in [0.4, 0.5) is 0 Å². The first-order valence-electron chi connectivity index (χ1n) is 8.40. The van der Waals surface area contributed by atoms with Crippen molar-refractivity contribution in [3.63, 3.8) is 0 Å². The molecule has 0 spiro atoms. The third-order valence-electron chi connectivity index (χ3n) is 4.97. The molecule has 126 valence electrons. The van der Waals surface area contributed by atoms with Gasteiger partial charge in [0.1, 0.15) is 12.4 Å². The number of aromatic amines is 1. The number of carbonyl (C=O) groups excluding carboxylic acids is 1. The lowest BCUT2D eigenvalue weighted by Gasteiger charge is -2.35. The summed E-state index contributed by atoms with van der Waals surface area (Å²) in [4.78, 5) is 14.9. The third-order valence-corrected chi connectivity index (χ3v) is 5.21. The Kier molecular flexibility index (Phi) is 4.19. The summed E-state index contributed by atoms with van der Waals surface area (Å²) in [6.07, 6.45) is 4.57. The summed E-state index contributed by atoms with van der Waals surface area (Å²) < 4.78 is 5.78. The number of nitrogens with one attached hydrogen (secondary N) is 1. The van der Waals surface area contributed by atoms with Crippen LogP contribution < -0.4 is 4.74 Å². The fourth-order valence-electron chi connectivity index (χ4n) is 3.71. The van der Waals surface area contributed by atoms with E-state index in [4.69, 9.17) is 16.3 Å². The molecule has 1 saturated heterocycles. The van der Waals surface area contributed by atoms with E-state index < -0.39 is 0 Å². The van der Waals surface area contributed by atoms with E-state index in [0.29, 0.717) is 24.0 Å². The van der Waals surface area contributed by atoms with Crippen molar-refractivity contribution in [1.29, 1.82) is 0 Å². The van der Waals surface area contributed by atoms with E-state index in [-0.39, 0.29) is 11.8 Å². The molecule has 0 radical (unpaired) electrons. The quantitative estimate of drug-likeness (QED) is 0.910. The Labute approximate surface area is 145 Å². The summed E-state index contributed by atoms with van der Waals surface area (Å²) in [5, 5.41) is 7.75. The molecule has 4 rings (SSSR count). The number of H-pyrrole nitrogens is 1. The van der Waals surface area contributed by atoms with Gasteiger partial charge in [-0.3, -0.25) is 9.89 Å². The molecule has 1 aromatic carbocycles. The summed E-state index contributed by atoms with van der Waals surface area (Å²) in [6, 6.07) is 7.61. The molecule has 6 heteroatoms. The van der Waals surface area contributed by atoms with E-state index in [0.717, 1.165) is 42.9 Å². The Bertz CT molecular complexity index is 732. The molecule has 0 unspecified atom stereocenters. The SMILES string of the molecule is O=C([C@@H]1COc2ccc(Cl)cc2C1)N1CCC[C@H](c2ccn[nH]2)C1. The van der Waals surface area contributed by atoms with Crippen LogP contribution in [0.25, 0.3) is 0 Å². The van der Waals surface area contributed by atoms with Crippen LogP contribution in [0.1, 0.15) is 30.0 Å². The van der Waals surface area contributed by atoms with Crippen molar-refractivity contribution in [1.82, 2.24) is 15.1 Å². The highest BCUT2D eigenvalue weighted by molar-refractivity contribution is 6.30. The van der Waals surface area contributed by atoms with Crippen LogP contribution in [0.2, 0.25) is 5.02 Å². The summed E-state index contributed by atoms with van der Waals surface area (Å²) in [7, 11) is 0. The fraction of sp³-hybridized carbons (Fsp3) is 0.444. The number of amides is 1. The topological polar surface area (TPSA) is 58.2 Å². The first kappa shape index (κ1) is 15.5. The van der Waals surface area contributed by atoms with E-state index in [1.165, 1.54) is 0 Å². The van der Waals surface area contributed by atoms with E-state index in [9.17, 15) is 4.79 Å². The lowest BCUT2D eigenvalue weighted by atomic mass is 9.91. The predicted molar refractivity (Wildman–Crippen MR) is 91.3 cm³/mol. The van der Waals surface area contributed by atoms with Crippen LogP contribution in [-0.4, -0.2) is 40.7 Å². The van der Waals surface area contributed by atoms with Crippen LogP contribution in [0, 0.1) is 5.92 Å². The van der Waals surface area contributed by atoms with Crippen molar-refractivity contribution < 1.29 is 9.53 Å². The third kappa shape index (κ3) is 3.00. The molecule has 24 heavy (non-hydrogen) atoms. The van der Waals surface area contributed by atoms with Crippen molar-refractivity contribution >= 4 is 17.5 Å². The van der Waals surface area contributed by atoms with Gasteiger partial charge in [-0.15, -0.1) is 0 Å². The molecule has 5 nitrogen and oxygen atoms in total. The molecule has 2 aliphatic heterocycles. The molecule has 3 heterocycles. The van der Waals surface area contributed by atoms with E-state index in [1.54, 1.807) is 6.20 Å². The maximum atomic E-state index is 13.0. The van der Waals surface area contributed by atoms with E-state index >= 15 is 0 Å². The van der Waals surface area contributed by atoms with Gasteiger partial charge in [0.05, 0.1) is 5.92 Å². The second-order valence-electron chi connectivity index (χ2n) is 6.60. The number of hydrogen-bond donors (Lipinski definition) is 1. The highest BCUT2D eigenvalue weighted by Crippen LogP contribution is 2.32. The number of aromatic nitrogens is 2. The van der Waals surface area contributed by atoms with Crippen LogP contribution in [0.15, 0.2) is 30.5 Å². The van der Waals surface area contributed by atoms with E-state index in [2.05, 4.69) is 10.2 Å². The number of hydrogen-bond acceptors (Lipinski definition) is 3. The molecule has 1 fully saturated rings. The van der Waals surface area contributed by atoms with Gasteiger partial charge in [-0.25, -0.2) is 0 Å². The maximum Gasteiger partial charge on any atom is 0.229 e. The lowest BCUT2D eigenvalue weighted by Crippen LogP contribution is -2.45. The first-order valence-corrected chi connectivity index (χ1v) is 8.78. The summed E-state index contributed by atoms with van der Waals surface area (Å²) in [6.45, 7) is 2.01. The zero-order valence-electron chi connectivity index (χ0n) is 13.4. The Hall–Kier alpha value is -2.01. The lowest BCUT2D eigenvalue weighted by molar-refractivity contribution is -0.138. The number of nitrogens with zero attached hydrogens (tertiary/aromatic N) is 2. The van der Waals surface area contributed by atoms with Gasteiger partial charge in [0, 0.05) is 35.9 Å². The minimum absolute atomic E-state index is 0.128. The van der Waals surface area contributed by atoms with Crippen LogP contribution in [-0.2, 0) is 11.2 Å². The minimum Gasteiger partial charge on any atom is -0.492 e. The van der Waals surface area contributed by atoms with Gasteiger partial charge < -0.3 is 9.64 Å². The monoisotopic (exact) mass is 345 g/mol. The van der Waals surface area contributed by atoms with Crippen molar-refractivity contribution in [2.75, 3.05) is 19.7 Å². The standard InChI is InChI=1S/C18H20ClN3O2/c19-15-3-4-17-13(9-15)8-14(11-24-17)18(23)22-7-1-2-12(10-22)16-5-6-20-21-16/h3-6,9,12,14H,1-2,7-8,10-11H2,(H,20,21)/t12-,14-/m0/s1. The van der Waals surface area contributed by atoms with Gasteiger partial charge in [-0.1, -0.05) is 11.6 Å².